The molecule has 1 aromatic carbocycles. The van der Waals surface area contributed by atoms with Gasteiger partial charge in [-0.05, 0) is 81.0 Å². The Balaban J connectivity index is 1.30. The molecule has 1 aromatic heterocycles. The number of hydrogen-bond acceptors (Lipinski definition) is 4. The van der Waals surface area contributed by atoms with Crippen molar-refractivity contribution >= 4 is 16.9 Å². The van der Waals surface area contributed by atoms with Crippen molar-refractivity contribution in [3.05, 3.63) is 36.0 Å². The second kappa shape index (κ2) is 11.8. The Morgan fingerprint density at radius 3 is 2.61 bits per heavy atom. The average Bonchev–Trinajstić information content (AvgIpc) is 2.83. The third-order valence-corrected chi connectivity index (χ3v) is 7.59. The summed E-state index contributed by atoms with van der Waals surface area (Å²) in [6.07, 6.45) is 14.1. The van der Waals surface area contributed by atoms with Gasteiger partial charge in [-0.3, -0.25) is 9.78 Å². The summed E-state index contributed by atoms with van der Waals surface area (Å²) in [5.74, 6) is 0.865. The maximum atomic E-state index is 11.2. The highest BCUT2D eigenvalue weighted by molar-refractivity contribution is 5.85. The molecular formula is C28H40N2O3. The molecule has 0 bridgehead atoms. The molecule has 1 aliphatic carbocycles. The number of likely N-dealkylation sites (tertiary alicyclic amines) is 1. The Bertz CT molecular complexity index is 899. The molecule has 33 heavy (non-hydrogen) atoms. The van der Waals surface area contributed by atoms with E-state index in [2.05, 4.69) is 35.0 Å². The Kier molecular flexibility index (Phi) is 8.60. The first-order valence-electron chi connectivity index (χ1n) is 13.1. The Hall–Kier alpha value is -2.14. The van der Waals surface area contributed by atoms with Crippen LogP contribution in [0.1, 0.15) is 76.7 Å². The Morgan fingerprint density at radius 1 is 1.09 bits per heavy atom. The number of rotatable bonds is 10. The number of ether oxygens (including phenoxy) is 1. The molecule has 2 aliphatic rings. The molecule has 180 valence electrons. The summed E-state index contributed by atoms with van der Waals surface area (Å²) in [6, 6.07) is 8.67. The smallest absolute Gasteiger partial charge is 0.306 e. The van der Waals surface area contributed by atoms with Crippen molar-refractivity contribution in [1.82, 2.24) is 9.88 Å². The van der Waals surface area contributed by atoms with E-state index in [1.165, 1.54) is 36.6 Å². The standard InChI is InChI=1S/C28H40N2O3/c1-2-3-4-5-7-22-18-24-8-6-15-29-27(24)26(19-22)33-25-13-16-30(17-14-25)20-21-9-11-23(12-10-21)28(31)32/h6,8,15,18-19,21,23,25H,2-5,7,9-14,16-17,20H2,1H3,(H,31,32). The predicted octanol–water partition coefficient (Wildman–Crippen LogP) is 6.09. The van der Waals surface area contributed by atoms with Gasteiger partial charge in [0.25, 0.3) is 0 Å². The van der Waals surface area contributed by atoms with Crippen LogP contribution in [0.2, 0.25) is 0 Å². The first-order chi connectivity index (χ1) is 16.1. The summed E-state index contributed by atoms with van der Waals surface area (Å²) in [4.78, 5) is 18.4. The van der Waals surface area contributed by atoms with Crippen molar-refractivity contribution in [3.8, 4) is 5.75 Å². The van der Waals surface area contributed by atoms with E-state index >= 15 is 0 Å². The molecule has 0 spiro atoms. The fraction of sp³-hybridized carbons (Fsp3) is 0.643. The van der Waals surface area contributed by atoms with Crippen molar-refractivity contribution in [1.29, 1.82) is 0 Å². The van der Waals surface area contributed by atoms with Gasteiger partial charge < -0.3 is 14.7 Å². The van der Waals surface area contributed by atoms with Gasteiger partial charge in [0.15, 0.2) is 0 Å². The summed E-state index contributed by atoms with van der Waals surface area (Å²) < 4.78 is 6.56. The van der Waals surface area contributed by atoms with Crippen LogP contribution in [0.5, 0.6) is 5.75 Å². The van der Waals surface area contributed by atoms with Crippen LogP contribution in [0.25, 0.3) is 10.9 Å². The van der Waals surface area contributed by atoms with Gasteiger partial charge in [-0.15, -0.1) is 0 Å². The molecule has 1 saturated heterocycles. The van der Waals surface area contributed by atoms with Crippen molar-refractivity contribution < 1.29 is 14.6 Å². The van der Waals surface area contributed by atoms with E-state index in [0.29, 0.717) is 5.92 Å². The van der Waals surface area contributed by atoms with Gasteiger partial charge in [0.1, 0.15) is 17.4 Å². The lowest BCUT2D eigenvalue weighted by atomic mass is 9.81. The van der Waals surface area contributed by atoms with E-state index < -0.39 is 5.97 Å². The minimum Gasteiger partial charge on any atom is -0.488 e. The summed E-state index contributed by atoms with van der Waals surface area (Å²) in [5.41, 5.74) is 2.34. The Labute approximate surface area is 198 Å². The van der Waals surface area contributed by atoms with Crippen molar-refractivity contribution in [2.24, 2.45) is 11.8 Å². The number of nitrogens with zero attached hydrogens (tertiary/aromatic N) is 2. The van der Waals surface area contributed by atoms with Crippen LogP contribution in [-0.4, -0.2) is 46.7 Å². The van der Waals surface area contributed by atoms with Crippen LogP contribution in [0.3, 0.4) is 0 Å². The number of unbranched alkanes of at least 4 members (excludes halogenated alkanes) is 3. The highest BCUT2D eigenvalue weighted by atomic mass is 16.5. The van der Waals surface area contributed by atoms with Gasteiger partial charge in [-0.2, -0.15) is 0 Å². The number of pyridine rings is 1. The molecule has 1 aliphatic heterocycles. The number of carbonyl (C=O) groups is 1. The molecule has 0 unspecified atom stereocenters. The number of aliphatic carboxylic acids is 1. The molecule has 2 heterocycles. The molecule has 1 saturated carbocycles. The zero-order chi connectivity index (χ0) is 23.0. The SMILES string of the molecule is CCCCCCc1cc(OC2CCN(CC3CCC(C(=O)O)CC3)CC2)c2ncccc2c1. The summed E-state index contributed by atoms with van der Waals surface area (Å²) in [7, 11) is 0. The lowest BCUT2D eigenvalue weighted by Crippen LogP contribution is -2.41. The number of piperidine rings is 1. The molecule has 2 aromatic rings. The van der Waals surface area contributed by atoms with Crippen LogP contribution >= 0.6 is 0 Å². The lowest BCUT2D eigenvalue weighted by Gasteiger charge is -2.36. The number of aryl methyl sites for hydroxylation is 1. The normalized spacial score (nSPS) is 22.5. The van der Waals surface area contributed by atoms with Crippen molar-refractivity contribution in [2.45, 2.75) is 83.7 Å². The highest BCUT2D eigenvalue weighted by Gasteiger charge is 2.29. The molecule has 5 heteroatoms. The van der Waals surface area contributed by atoms with E-state index in [9.17, 15) is 9.90 Å². The molecule has 0 amide bonds. The number of hydrogen-bond donors (Lipinski definition) is 1. The van der Waals surface area contributed by atoms with Gasteiger partial charge in [0.05, 0.1) is 5.92 Å². The highest BCUT2D eigenvalue weighted by Crippen LogP contribution is 2.32. The van der Waals surface area contributed by atoms with E-state index in [-0.39, 0.29) is 12.0 Å². The quantitative estimate of drug-likeness (QED) is 0.442. The second-order valence-electron chi connectivity index (χ2n) is 10.2. The van der Waals surface area contributed by atoms with E-state index in [1.807, 2.05) is 12.3 Å². The maximum absolute atomic E-state index is 11.2. The van der Waals surface area contributed by atoms with Gasteiger partial charge in [-0.25, -0.2) is 0 Å². The first kappa shape index (κ1) is 24.0. The monoisotopic (exact) mass is 452 g/mol. The van der Waals surface area contributed by atoms with Crippen molar-refractivity contribution in [3.63, 3.8) is 0 Å². The second-order valence-corrected chi connectivity index (χ2v) is 10.2. The van der Waals surface area contributed by atoms with E-state index in [4.69, 9.17) is 4.74 Å². The molecule has 5 nitrogen and oxygen atoms in total. The average molecular weight is 453 g/mol. The van der Waals surface area contributed by atoms with Crippen LogP contribution < -0.4 is 4.74 Å². The number of benzene rings is 1. The molecule has 4 rings (SSSR count). The first-order valence-corrected chi connectivity index (χ1v) is 13.1. The molecule has 0 atom stereocenters. The van der Waals surface area contributed by atoms with Gasteiger partial charge >= 0.3 is 5.97 Å². The molecule has 0 radical (unpaired) electrons. The number of carboxylic acids is 1. The Morgan fingerprint density at radius 2 is 1.88 bits per heavy atom. The summed E-state index contributed by atoms with van der Waals surface area (Å²) >= 11 is 0. The predicted molar refractivity (Wildman–Crippen MR) is 133 cm³/mol. The van der Waals surface area contributed by atoms with Crippen LogP contribution in [0.4, 0.5) is 0 Å². The largest absolute Gasteiger partial charge is 0.488 e. The number of aromatic nitrogens is 1. The van der Waals surface area contributed by atoms with Gasteiger partial charge in [0.2, 0.25) is 0 Å². The van der Waals surface area contributed by atoms with Gasteiger partial charge in [0, 0.05) is 31.2 Å². The van der Waals surface area contributed by atoms with Crippen LogP contribution in [0, 0.1) is 11.8 Å². The van der Waals surface area contributed by atoms with Crippen LogP contribution in [0.15, 0.2) is 30.5 Å². The maximum Gasteiger partial charge on any atom is 0.306 e. The van der Waals surface area contributed by atoms with Crippen molar-refractivity contribution in [2.75, 3.05) is 19.6 Å². The third kappa shape index (κ3) is 6.69. The summed E-state index contributed by atoms with van der Waals surface area (Å²) in [6.45, 7) is 5.48. The van der Waals surface area contributed by atoms with E-state index in [1.54, 1.807) is 0 Å². The lowest BCUT2D eigenvalue weighted by molar-refractivity contribution is -0.143. The minimum atomic E-state index is -0.613. The molecule has 1 N–H and O–H groups in total. The fourth-order valence-corrected chi connectivity index (χ4v) is 5.55. The van der Waals surface area contributed by atoms with E-state index in [0.717, 1.165) is 75.8 Å². The van der Waals surface area contributed by atoms with Crippen LogP contribution in [-0.2, 0) is 11.2 Å². The summed E-state index contributed by atoms with van der Waals surface area (Å²) in [5, 5.41) is 10.4. The molecular weight excluding hydrogens is 412 g/mol. The minimum absolute atomic E-state index is 0.119. The number of fused-ring (bicyclic) bond motifs is 1. The third-order valence-electron chi connectivity index (χ3n) is 7.59. The zero-order valence-corrected chi connectivity index (χ0v) is 20.2. The number of carboxylic acid groups (broad SMARTS) is 1. The fourth-order valence-electron chi connectivity index (χ4n) is 5.55. The topological polar surface area (TPSA) is 62.7 Å². The van der Waals surface area contributed by atoms with Gasteiger partial charge in [-0.1, -0.05) is 32.3 Å². The zero-order valence-electron chi connectivity index (χ0n) is 20.2. The molecule has 2 fully saturated rings.